The fourth-order valence-corrected chi connectivity index (χ4v) is 5.27. The predicted molar refractivity (Wildman–Crippen MR) is 107 cm³/mol. The number of rotatable bonds is 6. The normalized spacial score (nSPS) is 27.2. The molecule has 0 aromatic rings. The van der Waals surface area contributed by atoms with Crippen LogP contribution in [-0.4, -0.2) is 70.2 Å². The zero-order valence-corrected chi connectivity index (χ0v) is 17.8. The van der Waals surface area contributed by atoms with Gasteiger partial charge in [0.25, 0.3) is 0 Å². The van der Waals surface area contributed by atoms with E-state index in [2.05, 4.69) is 24.2 Å². The second-order valence-corrected chi connectivity index (χ2v) is 10.7. The third kappa shape index (κ3) is 5.59. The molecule has 2 aliphatic rings. The molecular formula is C19H37N3O3S. The molecule has 1 aliphatic heterocycles. The average Bonchev–Trinajstić information content (AvgIpc) is 2.60. The van der Waals surface area contributed by atoms with Gasteiger partial charge < -0.3 is 15.0 Å². The van der Waals surface area contributed by atoms with E-state index in [4.69, 9.17) is 9.73 Å². The van der Waals surface area contributed by atoms with E-state index in [0.29, 0.717) is 38.5 Å². The van der Waals surface area contributed by atoms with Gasteiger partial charge in [0.1, 0.15) is 0 Å². The Morgan fingerprint density at radius 1 is 1.23 bits per heavy atom. The molecule has 0 bridgehead atoms. The number of guanidine groups is 1. The highest BCUT2D eigenvalue weighted by Gasteiger charge is 2.42. The first-order valence-corrected chi connectivity index (χ1v) is 11.9. The predicted octanol–water partition coefficient (Wildman–Crippen LogP) is 2.30. The molecule has 0 aromatic carbocycles. The van der Waals surface area contributed by atoms with Crippen molar-refractivity contribution in [3.05, 3.63) is 0 Å². The smallest absolute Gasteiger partial charge is 0.193 e. The van der Waals surface area contributed by atoms with Gasteiger partial charge in [0.15, 0.2) is 15.8 Å². The maximum atomic E-state index is 12.4. The summed E-state index contributed by atoms with van der Waals surface area (Å²) in [6.07, 6.45) is 7.56. The maximum absolute atomic E-state index is 12.4. The standard InChI is InChI=1S/C19H37N3O3S/c1-5-20-18(22(3)14-17-8-6-16(2)7-9-17)21-15-19(26(4,23)24)10-12-25-13-11-19/h16-17H,5-15H2,1-4H3,(H,20,21). The molecule has 0 unspecified atom stereocenters. The SMILES string of the molecule is CCNC(=NCC1(S(C)(=O)=O)CCOCC1)N(C)CC1CCC(C)CC1. The molecule has 1 saturated carbocycles. The van der Waals surface area contributed by atoms with Crippen molar-refractivity contribution in [3.63, 3.8) is 0 Å². The average molecular weight is 388 g/mol. The molecule has 1 aliphatic carbocycles. The minimum Gasteiger partial charge on any atom is -0.381 e. The van der Waals surface area contributed by atoms with Crippen molar-refractivity contribution in [3.8, 4) is 0 Å². The fourth-order valence-electron chi connectivity index (χ4n) is 4.06. The largest absolute Gasteiger partial charge is 0.381 e. The van der Waals surface area contributed by atoms with Gasteiger partial charge in [-0.2, -0.15) is 0 Å². The first-order valence-electron chi connectivity index (χ1n) is 10.0. The molecule has 1 saturated heterocycles. The summed E-state index contributed by atoms with van der Waals surface area (Å²) >= 11 is 0. The van der Waals surface area contributed by atoms with E-state index >= 15 is 0 Å². The summed E-state index contributed by atoms with van der Waals surface area (Å²) in [6.45, 7) is 7.44. The highest BCUT2D eigenvalue weighted by molar-refractivity contribution is 7.92. The maximum Gasteiger partial charge on any atom is 0.193 e. The van der Waals surface area contributed by atoms with Gasteiger partial charge in [0.2, 0.25) is 0 Å². The number of aliphatic imine (C=N–C) groups is 1. The molecule has 152 valence electrons. The van der Waals surface area contributed by atoms with E-state index < -0.39 is 14.6 Å². The van der Waals surface area contributed by atoms with Crippen LogP contribution in [0.15, 0.2) is 4.99 Å². The lowest BCUT2D eigenvalue weighted by molar-refractivity contribution is 0.0767. The molecule has 0 atom stereocenters. The van der Waals surface area contributed by atoms with E-state index in [9.17, 15) is 8.42 Å². The Morgan fingerprint density at radius 2 is 1.85 bits per heavy atom. The molecular weight excluding hydrogens is 350 g/mol. The van der Waals surface area contributed by atoms with Crippen LogP contribution in [0.2, 0.25) is 0 Å². The molecule has 2 rings (SSSR count). The first-order chi connectivity index (χ1) is 12.3. The molecule has 0 spiro atoms. The number of hydrogen-bond acceptors (Lipinski definition) is 4. The van der Waals surface area contributed by atoms with Gasteiger partial charge in [0, 0.05) is 39.6 Å². The topological polar surface area (TPSA) is 71.0 Å². The third-order valence-corrected chi connectivity index (χ3v) is 8.18. The van der Waals surface area contributed by atoms with Gasteiger partial charge in [0.05, 0.1) is 11.3 Å². The van der Waals surface area contributed by atoms with Crippen LogP contribution in [0.5, 0.6) is 0 Å². The minimum atomic E-state index is -3.19. The molecule has 26 heavy (non-hydrogen) atoms. The van der Waals surface area contributed by atoms with E-state index in [1.165, 1.54) is 31.9 Å². The highest BCUT2D eigenvalue weighted by atomic mass is 32.2. The van der Waals surface area contributed by atoms with Crippen LogP contribution in [0.3, 0.4) is 0 Å². The number of nitrogens with one attached hydrogen (secondary N) is 1. The number of nitrogens with zero attached hydrogens (tertiary/aromatic N) is 2. The first kappa shape index (κ1) is 21.5. The lowest BCUT2D eigenvalue weighted by Crippen LogP contribution is -2.48. The van der Waals surface area contributed by atoms with Crippen molar-refractivity contribution < 1.29 is 13.2 Å². The van der Waals surface area contributed by atoms with E-state index in [-0.39, 0.29) is 0 Å². The zero-order valence-electron chi connectivity index (χ0n) is 17.0. The van der Waals surface area contributed by atoms with Gasteiger partial charge in [-0.05, 0) is 44.4 Å². The lowest BCUT2D eigenvalue weighted by Gasteiger charge is -2.35. The Balaban J connectivity index is 2.06. The Labute approximate surface area is 159 Å². The molecule has 6 nitrogen and oxygen atoms in total. The summed E-state index contributed by atoms with van der Waals surface area (Å²) in [4.78, 5) is 6.93. The third-order valence-electron chi connectivity index (χ3n) is 6.07. The Hall–Kier alpha value is -0.820. The van der Waals surface area contributed by atoms with E-state index in [1.54, 1.807) is 0 Å². The molecule has 1 N–H and O–H groups in total. The second kappa shape index (κ2) is 9.40. The van der Waals surface area contributed by atoms with Crippen LogP contribution in [0.25, 0.3) is 0 Å². The molecule has 7 heteroatoms. The van der Waals surface area contributed by atoms with E-state index in [1.807, 2.05) is 6.92 Å². The molecule has 0 amide bonds. The van der Waals surface area contributed by atoms with Crippen LogP contribution in [0.1, 0.15) is 52.4 Å². The van der Waals surface area contributed by atoms with Gasteiger partial charge >= 0.3 is 0 Å². The number of hydrogen-bond donors (Lipinski definition) is 1. The zero-order chi connectivity index (χ0) is 19.2. The fraction of sp³-hybridized carbons (Fsp3) is 0.947. The summed E-state index contributed by atoms with van der Waals surface area (Å²) in [5.41, 5.74) is 0. The molecule has 0 aromatic heterocycles. The number of ether oxygens (including phenoxy) is 1. The quantitative estimate of drug-likeness (QED) is 0.559. The van der Waals surface area contributed by atoms with Crippen molar-refractivity contribution in [2.24, 2.45) is 16.8 Å². The van der Waals surface area contributed by atoms with Gasteiger partial charge in [-0.25, -0.2) is 8.42 Å². The monoisotopic (exact) mass is 387 g/mol. The van der Waals surface area contributed by atoms with Crippen molar-refractivity contribution in [1.82, 2.24) is 10.2 Å². The van der Waals surface area contributed by atoms with Crippen molar-refractivity contribution in [1.29, 1.82) is 0 Å². The van der Waals surface area contributed by atoms with E-state index in [0.717, 1.165) is 25.0 Å². The summed E-state index contributed by atoms with van der Waals surface area (Å²) < 4.78 is 29.5. The second-order valence-electron chi connectivity index (χ2n) is 8.24. The molecule has 0 radical (unpaired) electrons. The molecule has 1 heterocycles. The summed E-state index contributed by atoms with van der Waals surface area (Å²) in [5, 5.41) is 3.34. The summed E-state index contributed by atoms with van der Waals surface area (Å²) in [5.74, 6) is 2.37. The Kier molecular flexibility index (Phi) is 7.76. The van der Waals surface area contributed by atoms with Gasteiger partial charge in [-0.3, -0.25) is 4.99 Å². The van der Waals surface area contributed by atoms with Crippen molar-refractivity contribution in [2.45, 2.75) is 57.1 Å². The molecule has 2 fully saturated rings. The van der Waals surface area contributed by atoms with Crippen LogP contribution in [0, 0.1) is 11.8 Å². The minimum absolute atomic E-state index is 0.309. The highest BCUT2D eigenvalue weighted by Crippen LogP contribution is 2.30. The lowest BCUT2D eigenvalue weighted by atomic mass is 9.83. The van der Waals surface area contributed by atoms with Crippen LogP contribution < -0.4 is 5.32 Å². The Morgan fingerprint density at radius 3 is 2.38 bits per heavy atom. The van der Waals surface area contributed by atoms with Gasteiger partial charge in [-0.1, -0.05) is 19.8 Å². The summed E-state index contributed by atoms with van der Waals surface area (Å²) in [6, 6.07) is 0. The van der Waals surface area contributed by atoms with Gasteiger partial charge in [-0.15, -0.1) is 0 Å². The van der Waals surface area contributed by atoms with Crippen LogP contribution in [-0.2, 0) is 14.6 Å². The number of sulfone groups is 1. The summed E-state index contributed by atoms with van der Waals surface area (Å²) in [7, 11) is -1.12. The Bertz CT molecular complexity index is 563. The van der Waals surface area contributed by atoms with Crippen molar-refractivity contribution >= 4 is 15.8 Å². The van der Waals surface area contributed by atoms with Crippen LogP contribution in [0.4, 0.5) is 0 Å². The van der Waals surface area contributed by atoms with Crippen LogP contribution >= 0.6 is 0 Å². The van der Waals surface area contributed by atoms with Crippen molar-refractivity contribution in [2.75, 3.05) is 46.2 Å².